The summed E-state index contributed by atoms with van der Waals surface area (Å²) >= 11 is 6.25. The van der Waals surface area contributed by atoms with Crippen LogP contribution in [0, 0.1) is 13.8 Å². The third-order valence-electron chi connectivity index (χ3n) is 6.66. The smallest absolute Gasteiger partial charge is 0.244 e. The van der Waals surface area contributed by atoms with Crippen molar-refractivity contribution in [3.8, 4) is 0 Å². The quantitative estimate of drug-likeness (QED) is 0.277. The van der Waals surface area contributed by atoms with Crippen molar-refractivity contribution >= 4 is 39.1 Å². The van der Waals surface area contributed by atoms with E-state index in [-0.39, 0.29) is 18.9 Å². The summed E-state index contributed by atoms with van der Waals surface area (Å²) < 4.78 is 27.1. The minimum absolute atomic E-state index is 0.0858. The minimum atomic E-state index is -3.82. The number of benzene rings is 3. The second-order valence-corrected chi connectivity index (χ2v) is 12.4. The molecule has 3 aromatic rings. The lowest BCUT2D eigenvalue weighted by Crippen LogP contribution is -2.53. The highest BCUT2D eigenvalue weighted by Gasteiger charge is 2.33. The number of rotatable bonds is 13. The molecule has 0 saturated carbocycles. The van der Waals surface area contributed by atoms with Crippen LogP contribution in [0.5, 0.6) is 0 Å². The van der Waals surface area contributed by atoms with E-state index in [1.165, 1.54) is 4.90 Å². The highest BCUT2D eigenvalue weighted by molar-refractivity contribution is 7.92. The SMILES string of the molecule is CCCCNC(=O)[C@@H](Cc1ccccc1)N(Cc1cccc(Cl)c1)C(=O)CN(c1cc(C)ccc1C)S(C)(=O)=O. The first-order valence-electron chi connectivity index (χ1n) is 13.4. The first-order chi connectivity index (χ1) is 19.0. The number of aryl methyl sites for hydroxylation is 2. The van der Waals surface area contributed by atoms with Crippen molar-refractivity contribution in [3.05, 3.63) is 100 Å². The summed E-state index contributed by atoms with van der Waals surface area (Å²) in [5.41, 5.74) is 3.65. The van der Waals surface area contributed by atoms with Crippen LogP contribution in [0.1, 0.15) is 42.0 Å². The molecule has 0 heterocycles. The monoisotopic (exact) mass is 583 g/mol. The molecule has 2 amide bonds. The number of halogens is 1. The highest BCUT2D eigenvalue weighted by Crippen LogP contribution is 2.25. The standard InChI is InChI=1S/C31H38ClN3O4S/c1-5-6-17-33-31(37)29(20-25-11-8-7-9-12-25)34(21-26-13-10-14-27(32)19-26)30(36)22-35(40(4,38)39)28-18-23(2)15-16-24(28)3/h7-16,18-19,29H,5-6,17,20-22H2,1-4H3,(H,33,37)/t29-/m1/s1. The number of nitrogens with zero attached hydrogens (tertiary/aromatic N) is 2. The first-order valence-corrected chi connectivity index (χ1v) is 15.6. The number of nitrogens with one attached hydrogen (secondary N) is 1. The molecule has 0 aliphatic heterocycles. The molecule has 9 heteroatoms. The van der Waals surface area contributed by atoms with E-state index in [0.717, 1.165) is 45.7 Å². The normalized spacial score (nSPS) is 12.0. The third-order valence-corrected chi connectivity index (χ3v) is 8.02. The van der Waals surface area contributed by atoms with Crippen molar-refractivity contribution in [2.24, 2.45) is 0 Å². The molecule has 0 saturated heterocycles. The Bertz CT molecular complexity index is 1410. The van der Waals surface area contributed by atoms with E-state index < -0.39 is 28.5 Å². The summed E-state index contributed by atoms with van der Waals surface area (Å²) in [5, 5.41) is 3.48. The lowest BCUT2D eigenvalue weighted by Gasteiger charge is -2.34. The molecule has 0 fully saturated rings. The molecule has 1 atom stereocenters. The Morgan fingerprint density at radius 1 is 0.950 bits per heavy atom. The Balaban J connectivity index is 2.06. The molecule has 3 rings (SSSR count). The molecular formula is C31H38ClN3O4S. The second kappa shape index (κ2) is 14.3. The van der Waals surface area contributed by atoms with Crippen molar-refractivity contribution < 1.29 is 18.0 Å². The highest BCUT2D eigenvalue weighted by atomic mass is 35.5. The predicted octanol–water partition coefficient (Wildman–Crippen LogP) is 5.28. The topological polar surface area (TPSA) is 86.8 Å². The van der Waals surface area contributed by atoms with Crippen LogP contribution < -0.4 is 9.62 Å². The first kappa shape index (κ1) is 31.2. The van der Waals surface area contributed by atoms with Crippen LogP contribution in [0.4, 0.5) is 5.69 Å². The number of amides is 2. The molecule has 0 radical (unpaired) electrons. The molecule has 214 valence electrons. The van der Waals surface area contributed by atoms with E-state index in [0.29, 0.717) is 17.3 Å². The lowest BCUT2D eigenvalue weighted by molar-refractivity contribution is -0.140. The van der Waals surface area contributed by atoms with Crippen LogP contribution in [-0.4, -0.2) is 50.5 Å². The zero-order chi connectivity index (χ0) is 29.3. The minimum Gasteiger partial charge on any atom is -0.354 e. The average molecular weight is 584 g/mol. The molecule has 3 aromatic carbocycles. The summed E-state index contributed by atoms with van der Waals surface area (Å²) in [6.45, 7) is 5.83. The van der Waals surface area contributed by atoms with Crippen LogP contribution in [0.2, 0.25) is 5.02 Å². The van der Waals surface area contributed by atoms with Crippen molar-refractivity contribution in [1.82, 2.24) is 10.2 Å². The third kappa shape index (κ3) is 8.83. The fourth-order valence-electron chi connectivity index (χ4n) is 4.48. The lowest BCUT2D eigenvalue weighted by atomic mass is 10.0. The van der Waals surface area contributed by atoms with E-state index in [4.69, 9.17) is 11.6 Å². The Kier molecular flexibility index (Phi) is 11.2. The zero-order valence-electron chi connectivity index (χ0n) is 23.6. The van der Waals surface area contributed by atoms with Crippen molar-refractivity contribution in [2.75, 3.05) is 23.7 Å². The van der Waals surface area contributed by atoms with Gasteiger partial charge in [-0.1, -0.05) is 79.5 Å². The van der Waals surface area contributed by atoms with E-state index in [2.05, 4.69) is 5.32 Å². The van der Waals surface area contributed by atoms with E-state index in [1.807, 2.05) is 62.4 Å². The van der Waals surface area contributed by atoms with Crippen LogP contribution in [-0.2, 0) is 32.6 Å². The number of sulfonamides is 1. The second-order valence-electron chi connectivity index (χ2n) is 10.1. The Morgan fingerprint density at radius 2 is 1.65 bits per heavy atom. The van der Waals surface area contributed by atoms with Crippen molar-refractivity contribution in [1.29, 1.82) is 0 Å². The summed E-state index contributed by atoms with van der Waals surface area (Å²) in [6.07, 6.45) is 3.07. The van der Waals surface area contributed by atoms with E-state index >= 15 is 0 Å². The van der Waals surface area contributed by atoms with Crippen molar-refractivity contribution in [2.45, 2.75) is 52.6 Å². The molecule has 7 nitrogen and oxygen atoms in total. The largest absolute Gasteiger partial charge is 0.354 e. The number of anilines is 1. The van der Waals surface area contributed by atoms with Gasteiger partial charge in [0.05, 0.1) is 11.9 Å². The van der Waals surface area contributed by atoms with Gasteiger partial charge < -0.3 is 10.2 Å². The van der Waals surface area contributed by atoms with Gasteiger partial charge in [-0.15, -0.1) is 0 Å². The van der Waals surface area contributed by atoms with Gasteiger partial charge in [0.1, 0.15) is 12.6 Å². The maximum Gasteiger partial charge on any atom is 0.244 e. The zero-order valence-corrected chi connectivity index (χ0v) is 25.1. The number of carbonyl (C=O) groups excluding carboxylic acids is 2. The Morgan fingerprint density at radius 3 is 2.30 bits per heavy atom. The van der Waals surface area contributed by atoms with Gasteiger partial charge in [-0.3, -0.25) is 13.9 Å². The van der Waals surface area contributed by atoms with Gasteiger partial charge in [0.15, 0.2) is 0 Å². The molecule has 1 N–H and O–H groups in total. The van der Waals surface area contributed by atoms with Gasteiger partial charge in [0, 0.05) is 24.5 Å². The molecule has 0 spiro atoms. The van der Waals surface area contributed by atoms with Crippen LogP contribution in [0.25, 0.3) is 0 Å². The average Bonchev–Trinajstić information content (AvgIpc) is 2.90. The molecule has 0 aliphatic carbocycles. The Labute approximate surface area is 243 Å². The fourth-order valence-corrected chi connectivity index (χ4v) is 5.59. The maximum atomic E-state index is 14.1. The van der Waals surface area contributed by atoms with Gasteiger partial charge >= 0.3 is 0 Å². The molecule has 0 bridgehead atoms. The molecule has 0 aliphatic rings. The van der Waals surface area contributed by atoms with E-state index in [9.17, 15) is 18.0 Å². The predicted molar refractivity (Wildman–Crippen MR) is 162 cm³/mol. The summed E-state index contributed by atoms with van der Waals surface area (Å²) in [5.74, 6) is -0.775. The number of hydrogen-bond donors (Lipinski definition) is 1. The summed E-state index contributed by atoms with van der Waals surface area (Å²) in [7, 11) is -3.82. The van der Waals surface area contributed by atoms with Gasteiger partial charge in [0.2, 0.25) is 21.8 Å². The summed E-state index contributed by atoms with van der Waals surface area (Å²) in [4.78, 5) is 29.2. The molecule has 40 heavy (non-hydrogen) atoms. The molecular weight excluding hydrogens is 546 g/mol. The van der Waals surface area contributed by atoms with Gasteiger partial charge in [-0.2, -0.15) is 0 Å². The summed E-state index contributed by atoms with van der Waals surface area (Å²) in [6, 6.07) is 21.2. The van der Waals surface area contributed by atoms with Crippen LogP contribution in [0.15, 0.2) is 72.8 Å². The maximum absolute atomic E-state index is 14.1. The van der Waals surface area contributed by atoms with E-state index in [1.54, 1.807) is 31.2 Å². The fraction of sp³-hybridized carbons (Fsp3) is 0.355. The Hall–Kier alpha value is -3.36. The van der Waals surface area contributed by atoms with Gasteiger partial charge in [0.25, 0.3) is 0 Å². The van der Waals surface area contributed by atoms with Crippen LogP contribution >= 0.6 is 11.6 Å². The number of carbonyl (C=O) groups is 2. The van der Waals surface area contributed by atoms with Gasteiger partial charge in [-0.05, 0) is 60.7 Å². The molecule has 0 aromatic heterocycles. The molecule has 0 unspecified atom stereocenters. The van der Waals surface area contributed by atoms with Crippen LogP contribution in [0.3, 0.4) is 0 Å². The number of hydrogen-bond acceptors (Lipinski definition) is 4. The van der Waals surface area contributed by atoms with Crippen molar-refractivity contribution in [3.63, 3.8) is 0 Å². The van der Waals surface area contributed by atoms with Gasteiger partial charge in [-0.25, -0.2) is 8.42 Å². The number of unbranched alkanes of at least 4 members (excludes halogenated alkanes) is 1.